The van der Waals surface area contributed by atoms with Gasteiger partial charge in [0.05, 0.1) is 23.5 Å². The number of hydrogen-bond acceptors (Lipinski definition) is 3. The van der Waals surface area contributed by atoms with Crippen molar-refractivity contribution in [3.8, 4) is 0 Å². The Morgan fingerprint density at radius 3 is 2.96 bits per heavy atom. The van der Waals surface area contributed by atoms with E-state index in [0.29, 0.717) is 13.1 Å². The number of hydrogen-bond donors (Lipinski definition) is 1. The van der Waals surface area contributed by atoms with Crippen molar-refractivity contribution in [1.29, 1.82) is 0 Å². The van der Waals surface area contributed by atoms with Crippen LogP contribution in [0.5, 0.6) is 0 Å². The van der Waals surface area contributed by atoms with Crippen LogP contribution in [0.15, 0.2) is 24.5 Å². The van der Waals surface area contributed by atoms with Crippen LogP contribution in [-0.4, -0.2) is 33.7 Å². The largest absolute Gasteiger partial charge is 0.396 e. The third-order valence-electron chi connectivity index (χ3n) is 4.11. The van der Waals surface area contributed by atoms with Gasteiger partial charge in [-0.15, -0.1) is 0 Å². The van der Waals surface area contributed by atoms with Gasteiger partial charge in [0.25, 0.3) is 5.91 Å². The molecule has 3 rings (SSSR count). The predicted molar refractivity (Wildman–Crippen MR) is 87.0 cm³/mol. The second kappa shape index (κ2) is 6.20. The van der Waals surface area contributed by atoms with Crippen LogP contribution in [0.4, 0.5) is 10.1 Å². The number of carbonyl (C=O) groups excluding carboxylic acids is 1. The van der Waals surface area contributed by atoms with Crippen molar-refractivity contribution in [3.63, 3.8) is 0 Å². The number of nitrogens with two attached hydrogens (primary N) is 1. The maximum atomic E-state index is 13.7. The van der Waals surface area contributed by atoms with Crippen molar-refractivity contribution in [1.82, 2.24) is 14.7 Å². The summed E-state index contributed by atoms with van der Waals surface area (Å²) in [6.45, 7) is 3.11. The Labute approximate surface area is 138 Å². The molecule has 7 heteroatoms. The Morgan fingerprint density at radius 2 is 2.26 bits per heavy atom. The van der Waals surface area contributed by atoms with Gasteiger partial charge in [-0.05, 0) is 37.5 Å². The number of aryl methyl sites for hydroxylation is 1. The second-order valence-electron chi connectivity index (χ2n) is 5.89. The molecule has 0 aliphatic carbocycles. The molecular formula is C16H18ClFN4O. The summed E-state index contributed by atoms with van der Waals surface area (Å²) in [6, 6.07) is 2.65. The van der Waals surface area contributed by atoms with E-state index >= 15 is 0 Å². The topological polar surface area (TPSA) is 64.2 Å². The highest BCUT2D eigenvalue weighted by atomic mass is 35.5. The molecule has 1 aliphatic heterocycles. The third-order valence-corrected chi connectivity index (χ3v) is 4.33. The number of halogens is 2. The van der Waals surface area contributed by atoms with Gasteiger partial charge >= 0.3 is 0 Å². The standard InChI is InChI=1S/C16H18ClFN4O/c1-10-7-20-22(8-10)12-3-2-4-21(9-12)16(23)13-5-11(17)6-14(18)15(13)19/h5-8,12H,2-4,9,19H2,1H3. The van der Waals surface area contributed by atoms with Gasteiger partial charge in [0.1, 0.15) is 5.82 Å². The van der Waals surface area contributed by atoms with E-state index in [4.69, 9.17) is 17.3 Å². The number of piperidine rings is 1. The molecule has 23 heavy (non-hydrogen) atoms. The van der Waals surface area contributed by atoms with E-state index in [2.05, 4.69) is 5.10 Å². The minimum atomic E-state index is -0.669. The van der Waals surface area contributed by atoms with Gasteiger partial charge in [-0.2, -0.15) is 5.10 Å². The molecule has 2 heterocycles. The van der Waals surface area contributed by atoms with Crippen molar-refractivity contribution >= 4 is 23.2 Å². The Bertz CT molecular complexity index is 746. The Balaban J connectivity index is 1.82. The number of anilines is 1. The molecule has 1 fully saturated rings. The third kappa shape index (κ3) is 3.17. The summed E-state index contributed by atoms with van der Waals surface area (Å²) in [7, 11) is 0. The van der Waals surface area contributed by atoms with Crippen LogP contribution in [0.1, 0.15) is 34.8 Å². The molecule has 2 aromatic rings. The van der Waals surface area contributed by atoms with Crippen LogP contribution in [0.3, 0.4) is 0 Å². The molecule has 1 aromatic heterocycles. The van der Waals surface area contributed by atoms with Gasteiger partial charge in [0.2, 0.25) is 0 Å². The summed E-state index contributed by atoms with van der Waals surface area (Å²) < 4.78 is 15.6. The minimum Gasteiger partial charge on any atom is -0.396 e. The molecule has 0 bridgehead atoms. The Hall–Kier alpha value is -2.08. The second-order valence-corrected chi connectivity index (χ2v) is 6.33. The zero-order valence-electron chi connectivity index (χ0n) is 12.8. The van der Waals surface area contributed by atoms with Crippen molar-refractivity contribution < 1.29 is 9.18 Å². The number of amides is 1. The van der Waals surface area contributed by atoms with Crippen molar-refractivity contribution in [2.45, 2.75) is 25.8 Å². The Kier molecular flexibility index (Phi) is 4.26. The lowest BCUT2D eigenvalue weighted by Gasteiger charge is -2.33. The molecule has 0 saturated carbocycles. The number of nitrogens with zero attached hydrogens (tertiary/aromatic N) is 3. The number of carbonyl (C=O) groups is 1. The first-order valence-electron chi connectivity index (χ1n) is 7.50. The first kappa shape index (κ1) is 15.8. The lowest BCUT2D eigenvalue weighted by Crippen LogP contribution is -2.41. The zero-order chi connectivity index (χ0) is 16.6. The fourth-order valence-electron chi connectivity index (χ4n) is 2.92. The van der Waals surface area contributed by atoms with Gasteiger partial charge in [-0.25, -0.2) is 4.39 Å². The van der Waals surface area contributed by atoms with E-state index in [1.165, 1.54) is 6.07 Å². The van der Waals surface area contributed by atoms with Crippen LogP contribution < -0.4 is 5.73 Å². The van der Waals surface area contributed by atoms with Gasteiger partial charge in [-0.3, -0.25) is 9.48 Å². The molecule has 1 saturated heterocycles. The number of nitrogen functional groups attached to an aromatic ring is 1. The molecule has 5 nitrogen and oxygen atoms in total. The highest BCUT2D eigenvalue weighted by Crippen LogP contribution is 2.27. The van der Waals surface area contributed by atoms with E-state index < -0.39 is 5.82 Å². The van der Waals surface area contributed by atoms with E-state index in [9.17, 15) is 9.18 Å². The molecule has 1 aromatic carbocycles. The first-order valence-corrected chi connectivity index (χ1v) is 7.88. The summed E-state index contributed by atoms with van der Waals surface area (Å²) in [5.74, 6) is -0.963. The molecule has 1 unspecified atom stereocenters. The summed E-state index contributed by atoms with van der Waals surface area (Å²) in [5, 5.41) is 4.49. The molecule has 0 radical (unpaired) electrons. The number of rotatable bonds is 2. The smallest absolute Gasteiger partial charge is 0.256 e. The van der Waals surface area contributed by atoms with Gasteiger partial charge < -0.3 is 10.6 Å². The SMILES string of the molecule is Cc1cnn(C2CCCN(C(=O)c3cc(Cl)cc(F)c3N)C2)c1. The van der Waals surface area contributed by atoms with Crippen molar-refractivity contribution in [2.24, 2.45) is 0 Å². The number of aromatic nitrogens is 2. The summed E-state index contributed by atoms with van der Waals surface area (Å²) in [4.78, 5) is 14.4. The summed E-state index contributed by atoms with van der Waals surface area (Å²) in [5.41, 5.74) is 6.75. The lowest BCUT2D eigenvalue weighted by molar-refractivity contribution is 0.0673. The highest BCUT2D eigenvalue weighted by molar-refractivity contribution is 6.31. The van der Waals surface area contributed by atoms with Crippen molar-refractivity contribution in [2.75, 3.05) is 18.8 Å². The van der Waals surface area contributed by atoms with E-state index in [1.54, 1.807) is 11.1 Å². The quantitative estimate of drug-likeness (QED) is 0.857. The van der Waals surface area contributed by atoms with Gasteiger partial charge in [-0.1, -0.05) is 11.6 Å². The molecule has 0 spiro atoms. The predicted octanol–water partition coefficient (Wildman–Crippen LogP) is 3.04. The number of likely N-dealkylation sites (tertiary alicyclic amines) is 1. The fourth-order valence-corrected chi connectivity index (χ4v) is 3.12. The van der Waals surface area contributed by atoms with Crippen molar-refractivity contribution in [3.05, 3.63) is 46.5 Å². The first-order chi connectivity index (χ1) is 11.0. The van der Waals surface area contributed by atoms with E-state index in [1.807, 2.05) is 17.8 Å². The van der Waals surface area contributed by atoms with Crippen LogP contribution in [0.25, 0.3) is 0 Å². The monoisotopic (exact) mass is 336 g/mol. The normalized spacial score (nSPS) is 18.2. The molecule has 122 valence electrons. The minimum absolute atomic E-state index is 0.117. The average molecular weight is 337 g/mol. The van der Waals surface area contributed by atoms with E-state index in [-0.39, 0.29) is 28.2 Å². The maximum Gasteiger partial charge on any atom is 0.256 e. The zero-order valence-corrected chi connectivity index (χ0v) is 13.6. The molecule has 1 amide bonds. The summed E-state index contributed by atoms with van der Waals surface area (Å²) in [6.07, 6.45) is 5.57. The van der Waals surface area contributed by atoms with E-state index in [0.717, 1.165) is 24.5 Å². The fraction of sp³-hybridized carbons (Fsp3) is 0.375. The summed E-state index contributed by atoms with van der Waals surface area (Å²) >= 11 is 5.85. The molecule has 1 atom stereocenters. The van der Waals surface area contributed by atoms with Gasteiger partial charge in [0.15, 0.2) is 0 Å². The molecular weight excluding hydrogens is 319 g/mol. The van der Waals surface area contributed by atoms with Crippen LogP contribution in [0, 0.1) is 12.7 Å². The maximum absolute atomic E-state index is 13.7. The van der Waals surface area contributed by atoms with Crippen LogP contribution in [0.2, 0.25) is 5.02 Å². The van der Waals surface area contributed by atoms with Crippen LogP contribution in [-0.2, 0) is 0 Å². The lowest BCUT2D eigenvalue weighted by atomic mass is 10.0. The molecule has 2 N–H and O–H groups in total. The molecule has 1 aliphatic rings. The number of benzene rings is 1. The Morgan fingerprint density at radius 1 is 1.48 bits per heavy atom. The average Bonchev–Trinajstić information content (AvgIpc) is 2.97. The highest BCUT2D eigenvalue weighted by Gasteiger charge is 2.27. The van der Waals surface area contributed by atoms with Gasteiger partial charge in [0, 0.05) is 24.3 Å². The van der Waals surface area contributed by atoms with Crippen LogP contribution >= 0.6 is 11.6 Å².